The minimum Gasteiger partial charge on any atom is -0.492 e. The van der Waals surface area contributed by atoms with E-state index in [1.165, 1.54) is 0 Å². The molecule has 2 aromatic rings. The topological polar surface area (TPSA) is 67.9 Å². The molecule has 0 radical (unpaired) electrons. The summed E-state index contributed by atoms with van der Waals surface area (Å²) in [4.78, 5) is 2.19. The van der Waals surface area contributed by atoms with Gasteiger partial charge in [0.25, 0.3) is 10.0 Å². The standard InChI is InChI=1S/C17H20N2O4S/c1-3-22-16-7-5-4-6-14(16)18-24(20,21)13-8-9-15-17(12-13)23-11-10-19(15)2/h4-9,12,18H,3,10-11H2,1-2H3. The van der Waals surface area contributed by atoms with E-state index in [9.17, 15) is 8.42 Å². The number of fused-ring (bicyclic) bond motifs is 1. The van der Waals surface area contributed by atoms with Crippen LogP contribution >= 0.6 is 0 Å². The molecule has 24 heavy (non-hydrogen) atoms. The van der Waals surface area contributed by atoms with Gasteiger partial charge < -0.3 is 14.4 Å². The van der Waals surface area contributed by atoms with E-state index >= 15 is 0 Å². The first-order valence-electron chi connectivity index (χ1n) is 7.74. The summed E-state index contributed by atoms with van der Waals surface area (Å²) in [5, 5.41) is 0. The average molecular weight is 348 g/mol. The molecule has 0 spiro atoms. The van der Waals surface area contributed by atoms with E-state index in [-0.39, 0.29) is 4.90 Å². The number of hydrogen-bond acceptors (Lipinski definition) is 5. The van der Waals surface area contributed by atoms with Crippen LogP contribution in [0.15, 0.2) is 47.4 Å². The van der Waals surface area contributed by atoms with Crippen molar-refractivity contribution in [3.8, 4) is 11.5 Å². The van der Waals surface area contributed by atoms with Crippen LogP contribution in [0.2, 0.25) is 0 Å². The molecule has 7 heteroatoms. The Bertz CT molecular complexity index is 836. The number of benzene rings is 2. The molecule has 0 amide bonds. The molecule has 2 aromatic carbocycles. The van der Waals surface area contributed by atoms with Gasteiger partial charge in [-0.15, -0.1) is 0 Å². The van der Waals surface area contributed by atoms with Crippen molar-refractivity contribution >= 4 is 21.4 Å². The summed E-state index contributed by atoms with van der Waals surface area (Å²) in [6.45, 7) is 3.62. The summed E-state index contributed by atoms with van der Waals surface area (Å²) >= 11 is 0. The van der Waals surface area contributed by atoms with Gasteiger partial charge in [0, 0.05) is 13.1 Å². The van der Waals surface area contributed by atoms with Crippen LogP contribution in [-0.2, 0) is 10.0 Å². The Kier molecular flexibility index (Phi) is 4.53. The molecule has 0 atom stereocenters. The molecular weight excluding hydrogens is 328 g/mol. The molecule has 1 aliphatic heterocycles. The lowest BCUT2D eigenvalue weighted by molar-refractivity contribution is 0.310. The number of anilines is 2. The minimum atomic E-state index is -3.73. The maximum absolute atomic E-state index is 12.7. The summed E-state index contributed by atoms with van der Waals surface area (Å²) in [5.74, 6) is 1.07. The maximum atomic E-state index is 12.7. The zero-order valence-corrected chi connectivity index (χ0v) is 14.5. The molecule has 128 valence electrons. The molecule has 1 aliphatic rings. The van der Waals surface area contributed by atoms with Crippen molar-refractivity contribution in [3.63, 3.8) is 0 Å². The highest BCUT2D eigenvalue weighted by molar-refractivity contribution is 7.92. The monoisotopic (exact) mass is 348 g/mol. The fourth-order valence-electron chi connectivity index (χ4n) is 2.54. The number of ether oxygens (including phenoxy) is 2. The third-order valence-corrected chi connectivity index (χ3v) is 5.13. The molecule has 3 rings (SSSR count). The zero-order chi connectivity index (χ0) is 17.2. The number of likely N-dealkylation sites (N-methyl/N-ethyl adjacent to an activating group) is 1. The first kappa shape index (κ1) is 16.4. The Hall–Kier alpha value is -2.41. The largest absolute Gasteiger partial charge is 0.492 e. The second kappa shape index (κ2) is 6.60. The highest BCUT2D eigenvalue weighted by Crippen LogP contribution is 2.34. The number of nitrogens with zero attached hydrogens (tertiary/aromatic N) is 1. The summed E-state index contributed by atoms with van der Waals surface area (Å²) in [6.07, 6.45) is 0. The fraction of sp³-hybridized carbons (Fsp3) is 0.294. The smallest absolute Gasteiger partial charge is 0.262 e. The van der Waals surface area contributed by atoms with Gasteiger partial charge in [0.15, 0.2) is 0 Å². The molecule has 0 aliphatic carbocycles. The van der Waals surface area contributed by atoms with E-state index in [0.717, 1.165) is 12.2 Å². The predicted octanol–water partition coefficient (Wildman–Crippen LogP) is 2.71. The molecule has 0 bridgehead atoms. The summed E-state index contributed by atoms with van der Waals surface area (Å²) in [7, 11) is -1.78. The second-order valence-electron chi connectivity index (χ2n) is 5.43. The van der Waals surface area contributed by atoms with Gasteiger partial charge >= 0.3 is 0 Å². The molecule has 0 saturated carbocycles. The van der Waals surface area contributed by atoms with Crippen molar-refractivity contribution in [1.82, 2.24) is 0 Å². The molecule has 0 fully saturated rings. The quantitative estimate of drug-likeness (QED) is 0.900. The van der Waals surface area contributed by atoms with Gasteiger partial charge in [-0.05, 0) is 31.2 Å². The number of para-hydroxylation sites is 2. The first-order valence-corrected chi connectivity index (χ1v) is 9.22. The lowest BCUT2D eigenvalue weighted by atomic mass is 10.2. The second-order valence-corrected chi connectivity index (χ2v) is 7.12. The van der Waals surface area contributed by atoms with Crippen LogP contribution in [0.4, 0.5) is 11.4 Å². The normalized spacial score (nSPS) is 13.8. The first-order chi connectivity index (χ1) is 11.5. The molecular formula is C17H20N2O4S. The zero-order valence-electron chi connectivity index (χ0n) is 13.7. The Morgan fingerprint density at radius 1 is 1.25 bits per heavy atom. The summed E-state index contributed by atoms with van der Waals surface area (Å²) < 4.78 is 39.0. The maximum Gasteiger partial charge on any atom is 0.262 e. The molecule has 0 saturated heterocycles. The van der Waals surface area contributed by atoms with Crippen LogP contribution in [0.25, 0.3) is 0 Å². The van der Waals surface area contributed by atoms with Gasteiger partial charge in [-0.25, -0.2) is 8.42 Å². The van der Waals surface area contributed by atoms with Gasteiger partial charge in [0.2, 0.25) is 0 Å². The molecule has 1 N–H and O–H groups in total. The van der Waals surface area contributed by atoms with Crippen LogP contribution in [-0.4, -0.2) is 35.2 Å². The van der Waals surface area contributed by atoms with Crippen LogP contribution in [0, 0.1) is 0 Å². The molecule has 0 unspecified atom stereocenters. The van der Waals surface area contributed by atoms with Crippen LogP contribution in [0.1, 0.15) is 6.92 Å². The van der Waals surface area contributed by atoms with Gasteiger partial charge in [-0.2, -0.15) is 0 Å². The Labute approximate surface area is 142 Å². The van der Waals surface area contributed by atoms with E-state index in [1.807, 2.05) is 18.9 Å². The number of rotatable bonds is 5. The Morgan fingerprint density at radius 3 is 2.83 bits per heavy atom. The van der Waals surface area contributed by atoms with E-state index in [2.05, 4.69) is 4.72 Å². The number of hydrogen-bond donors (Lipinski definition) is 1. The SMILES string of the molecule is CCOc1ccccc1NS(=O)(=O)c1ccc2c(c1)OCCN2C. The van der Waals surface area contributed by atoms with Gasteiger partial charge in [0.1, 0.15) is 18.1 Å². The van der Waals surface area contributed by atoms with Gasteiger partial charge in [-0.3, -0.25) is 4.72 Å². The molecule has 1 heterocycles. The fourth-order valence-corrected chi connectivity index (χ4v) is 3.63. The van der Waals surface area contributed by atoms with Crippen molar-refractivity contribution in [1.29, 1.82) is 0 Å². The van der Waals surface area contributed by atoms with Crippen LogP contribution in [0.5, 0.6) is 11.5 Å². The van der Waals surface area contributed by atoms with E-state index < -0.39 is 10.0 Å². The lowest BCUT2D eigenvalue weighted by Gasteiger charge is -2.27. The highest BCUT2D eigenvalue weighted by atomic mass is 32.2. The third kappa shape index (κ3) is 3.26. The number of sulfonamides is 1. The van der Waals surface area contributed by atoms with Gasteiger partial charge in [-0.1, -0.05) is 12.1 Å². The Morgan fingerprint density at radius 2 is 2.04 bits per heavy atom. The lowest BCUT2D eigenvalue weighted by Crippen LogP contribution is -2.29. The number of nitrogens with one attached hydrogen (secondary N) is 1. The van der Waals surface area contributed by atoms with Crippen LogP contribution < -0.4 is 19.1 Å². The minimum absolute atomic E-state index is 0.155. The summed E-state index contributed by atoms with van der Waals surface area (Å²) in [5.41, 5.74) is 1.30. The summed E-state index contributed by atoms with van der Waals surface area (Å²) in [6, 6.07) is 11.8. The molecule has 6 nitrogen and oxygen atoms in total. The van der Waals surface area contributed by atoms with E-state index in [0.29, 0.717) is 30.4 Å². The van der Waals surface area contributed by atoms with E-state index in [1.54, 1.807) is 42.5 Å². The van der Waals surface area contributed by atoms with Gasteiger partial charge in [0.05, 0.1) is 29.4 Å². The average Bonchev–Trinajstić information content (AvgIpc) is 2.56. The van der Waals surface area contributed by atoms with Crippen molar-refractivity contribution in [3.05, 3.63) is 42.5 Å². The van der Waals surface area contributed by atoms with Crippen molar-refractivity contribution in [2.75, 3.05) is 36.4 Å². The van der Waals surface area contributed by atoms with E-state index in [4.69, 9.17) is 9.47 Å². The Balaban J connectivity index is 1.92. The van der Waals surface area contributed by atoms with Crippen molar-refractivity contribution in [2.24, 2.45) is 0 Å². The predicted molar refractivity (Wildman–Crippen MR) is 93.6 cm³/mol. The molecule has 0 aromatic heterocycles. The van der Waals surface area contributed by atoms with Crippen LogP contribution in [0.3, 0.4) is 0 Å². The van der Waals surface area contributed by atoms with Crippen molar-refractivity contribution in [2.45, 2.75) is 11.8 Å². The van der Waals surface area contributed by atoms with Crippen molar-refractivity contribution < 1.29 is 17.9 Å². The third-order valence-electron chi connectivity index (χ3n) is 3.77. The highest BCUT2D eigenvalue weighted by Gasteiger charge is 2.21.